The first-order valence-electron chi connectivity index (χ1n) is 6.44. The van der Waals surface area contributed by atoms with Gasteiger partial charge in [0, 0.05) is 0 Å². The smallest absolute Gasteiger partial charge is 0.308 e. The molecular formula is C16H22O2. The van der Waals surface area contributed by atoms with Crippen LogP contribution < -0.4 is 0 Å². The van der Waals surface area contributed by atoms with E-state index >= 15 is 0 Å². The van der Waals surface area contributed by atoms with Crippen LogP contribution in [0.5, 0.6) is 0 Å². The van der Waals surface area contributed by atoms with Gasteiger partial charge < -0.3 is 4.74 Å². The summed E-state index contributed by atoms with van der Waals surface area (Å²) < 4.78 is 5.06. The van der Waals surface area contributed by atoms with Crippen molar-refractivity contribution in [1.29, 1.82) is 0 Å². The molecule has 2 nitrogen and oxygen atoms in total. The first-order chi connectivity index (χ1) is 8.50. The zero-order valence-corrected chi connectivity index (χ0v) is 11.6. The van der Waals surface area contributed by atoms with Crippen LogP contribution in [-0.2, 0) is 9.53 Å². The van der Waals surface area contributed by atoms with Crippen molar-refractivity contribution in [3.05, 3.63) is 41.5 Å². The van der Waals surface area contributed by atoms with E-state index in [4.69, 9.17) is 4.74 Å². The number of hydrogen-bond donors (Lipinski definition) is 0. The fraction of sp³-hybridized carbons (Fsp3) is 0.438. The highest BCUT2D eigenvalue weighted by molar-refractivity contribution is 5.71. The van der Waals surface area contributed by atoms with Gasteiger partial charge in [0.05, 0.1) is 5.92 Å². The Labute approximate surface area is 110 Å². The van der Waals surface area contributed by atoms with Crippen molar-refractivity contribution < 1.29 is 9.53 Å². The fourth-order valence-electron chi connectivity index (χ4n) is 1.47. The van der Waals surface area contributed by atoms with Gasteiger partial charge in [-0.1, -0.05) is 58.0 Å². The molecular weight excluding hydrogens is 224 g/mol. The van der Waals surface area contributed by atoms with E-state index < -0.39 is 0 Å². The van der Waals surface area contributed by atoms with Crippen molar-refractivity contribution in [3.63, 3.8) is 0 Å². The number of rotatable bonds is 5. The summed E-state index contributed by atoms with van der Waals surface area (Å²) in [4.78, 5) is 11.2. The van der Waals surface area contributed by atoms with Gasteiger partial charge in [-0.05, 0) is 23.1 Å². The zero-order valence-electron chi connectivity index (χ0n) is 11.6. The molecule has 2 heteroatoms. The van der Waals surface area contributed by atoms with Crippen LogP contribution in [0.2, 0.25) is 0 Å². The quantitative estimate of drug-likeness (QED) is 0.733. The second-order valence-electron chi connectivity index (χ2n) is 5.01. The van der Waals surface area contributed by atoms with E-state index in [0.717, 1.165) is 5.56 Å². The van der Waals surface area contributed by atoms with Gasteiger partial charge in [-0.15, -0.1) is 0 Å². The third kappa shape index (κ3) is 4.74. The number of esters is 1. The highest BCUT2D eigenvalue weighted by Gasteiger charge is 2.05. The van der Waals surface area contributed by atoms with E-state index in [1.54, 1.807) is 0 Å². The Morgan fingerprint density at radius 1 is 1.17 bits per heavy atom. The Morgan fingerprint density at radius 2 is 1.78 bits per heavy atom. The van der Waals surface area contributed by atoms with Gasteiger partial charge in [-0.3, -0.25) is 4.79 Å². The maximum atomic E-state index is 11.2. The molecule has 0 bridgehead atoms. The van der Waals surface area contributed by atoms with Gasteiger partial charge in [-0.25, -0.2) is 0 Å². The largest absolute Gasteiger partial charge is 0.461 e. The maximum absolute atomic E-state index is 11.2. The van der Waals surface area contributed by atoms with E-state index in [1.807, 2.05) is 26.0 Å². The lowest BCUT2D eigenvalue weighted by atomic mass is 10.0. The van der Waals surface area contributed by atoms with Crippen LogP contribution in [0, 0.1) is 5.92 Å². The summed E-state index contributed by atoms with van der Waals surface area (Å²) in [7, 11) is 0. The summed E-state index contributed by atoms with van der Waals surface area (Å²) in [5, 5.41) is 0. The first kappa shape index (κ1) is 14.5. The predicted octanol–water partition coefficient (Wildman–Crippen LogP) is 4.02. The van der Waals surface area contributed by atoms with E-state index in [-0.39, 0.29) is 11.9 Å². The van der Waals surface area contributed by atoms with Crippen molar-refractivity contribution in [2.24, 2.45) is 5.92 Å². The van der Waals surface area contributed by atoms with Gasteiger partial charge in [0.1, 0.15) is 6.61 Å². The minimum atomic E-state index is -0.158. The van der Waals surface area contributed by atoms with Gasteiger partial charge in [0.25, 0.3) is 0 Å². The van der Waals surface area contributed by atoms with Gasteiger partial charge in [0.15, 0.2) is 0 Å². The summed E-state index contributed by atoms with van der Waals surface area (Å²) in [6, 6.07) is 8.42. The SMILES string of the molecule is CC(C)C(=O)OC/C=C/c1ccc(C(C)C)cc1. The second kappa shape index (κ2) is 7.00. The van der Waals surface area contributed by atoms with Crippen LogP contribution in [0.15, 0.2) is 30.3 Å². The standard InChI is InChI=1S/C16H22O2/c1-12(2)15-9-7-14(8-10-15)6-5-11-18-16(17)13(3)4/h5-10,12-13H,11H2,1-4H3/b6-5+. The average Bonchev–Trinajstić information content (AvgIpc) is 2.34. The Bertz CT molecular complexity index is 400. The molecule has 0 fully saturated rings. The monoisotopic (exact) mass is 246 g/mol. The number of benzene rings is 1. The lowest BCUT2D eigenvalue weighted by molar-refractivity contribution is -0.145. The normalized spacial score (nSPS) is 11.4. The highest BCUT2D eigenvalue weighted by atomic mass is 16.5. The molecule has 0 N–H and O–H groups in total. The Hall–Kier alpha value is -1.57. The number of carbonyl (C=O) groups is 1. The fourth-order valence-corrected chi connectivity index (χ4v) is 1.47. The summed E-state index contributed by atoms with van der Waals surface area (Å²) >= 11 is 0. The lowest BCUT2D eigenvalue weighted by Crippen LogP contribution is -2.11. The average molecular weight is 246 g/mol. The molecule has 1 aromatic rings. The molecule has 0 heterocycles. The molecule has 0 aliphatic rings. The molecule has 0 aliphatic heterocycles. The number of ether oxygens (including phenoxy) is 1. The topological polar surface area (TPSA) is 26.3 Å². The van der Waals surface area contributed by atoms with Gasteiger partial charge >= 0.3 is 5.97 Å². The molecule has 0 aliphatic carbocycles. The van der Waals surface area contributed by atoms with Crippen molar-refractivity contribution >= 4 is 12.0 Å². The van der Waals surface area contributed by atoms with Crippen LogP contribution in [0.4, 0.5) is 0 Å². The first-order valence-corrected chi connectivity index (χ1v) is 6.44. The molecule has 0 unspecified atom stereocenters. The van der Waals surface area contributed by atoms with Gasteiger partial charge in [0.2, 0.25) is 0 Å². The molecule has 0 aromatic heterocycles. The molecule has 0 amide bonds. The van der Waals surface area contributed by atoms with Crippen molar-refractivity contribution in [3.8, 4) is 0 Å². The van der Waals surface area contributed by atoms with Crippen LogP contribution in [0.3, 0.4) is 0 Å². The van der Waals surface area contributed by atoms with Crippen LogP contribution in [-0.4, -0.2) is 12.6 Å². The Balaban J connectivity index is 2.45. The molecule has 0 atom stereocenters. The summed E-state index contributed by atoms with van der Waals surface area (Å²) in [5.41, 5.74) is 2.46. The van der Waals surface area contributed by atoms with Crippen molar-refractivity contribution in [2.45, 2.75) is 33.6 Å². The molecule has 0 spiro atoms. The van der Waals surface area contributed by atoms with Crippen LogP contribution in [0.25, 0.3) is 6.08 Å². The molecule has 0 radical (unpaired) electrons. The molecule has 1 rings (SSSR count). The van der Waals surface area contributed by atoms with E-state index in [0.29, 0.717) is 12.5 Å². The van der Waals surface area contributed by atoms with Gasteiger partial charge in [-0.2, -0.15) is 0 Å². The van der Waals surface area contributed by atoms with Crippen molar-refractivity contribution in [2.75, 3.05) is 6.61 Å². The van der Waals surface area contributed by atoms with Crippen LogP contribution >= 0.6 is 0 Å². The minimum Gasteiger partial charge on any atom is -0.461 e. The number of carbonyl (C=O) groups excluding carboxylic acids is 1. The zero-order chi connectivity index (χ0) is 13.5. The second-order valence-corrected chi connectivity index (χ2v) is 5.01. The molecule has 18 heavy (non-hydrogen) atoms. The molecule has 0 saturated heterocycles. The minimum absolute atomic E-state index is 0.0660. The molecule has 98 valence electrons. The summed E-state index contributed by atoms with van der Waals surface area (Å²) in [5.74, 6) is 0.327. The molecule has 0 saturated carbocycles. The third-order valence-corrected chi connectivity index (χ3v) is 2.71. The number of hydrogen-bond acceptors (Lipinski definition) is 2. The lowest BCUT2D eigenvalue weighted by Gasteiger charge is -2.05. The van der Waals surface area contributed by atoms with E-state index in [2.05, 4.69) is 38.1 Å². The van der Waals surface area contributed by atoms with Crippen LogP contribution in [0.1, 0.15) is 44.7 Å². The van der Waals surface area contributed by atoms with Crippen molar-refractivity contribution in [1.82, 2.24) is 0 Å². The highest BCUT2D eigenvalue weighted by Crippen LogP contribution is 2.15. The third-order valence-electron chi connectivity index (χ3n) is 2.71. The Kier molecular flexibility index (Phi) is 5.63. The molecule has 1 aromatic carbocycles. The Morgan fingerprint density at radius 3 is 2.28 bits per heavy atom. The summed E-state index contributed by atoms with van der Waals surface area (Å²) in [6.07, 6.45) is 3.84. The van der Waals surface area contributed by atoms with E-state index in [1.165, 1.54) is 5.56 Å². The maximum Gasteiger partial charge on any atom is 0.308 e. The summed E-state index contributed by atoms with van der Waals surface area (Å²) in [6.45, 7) is 8.35. The van der Waals surface area contributed by atoms with E-state index in [9.17, 15) is 4.79 Å². The predicted molar refractivity (Wildman–Crippen MR) is 75.4 cm³/mol.